The van der Waals surface area contributed by atoms with Crippen LogP contribution in [0.2, 0.25) is 5.02 Å². The van der Waals surface area contributed by atoms with E-state index in [4.69, 9.17) is 11.6 Å². The molecule has 0 saturated heterocycles. The molecule has 4 rings (SSSR count). The van der Waals surface area contributed by atoms with E-state index in [1.807, 2.05) is 60.7 Å². The lowest BCUT2D eigenvalue weighted by molar-refractivity contribution is -0.122. The number of benzene rings is 3. The van der Waals surface area contributed by atoms with E-state index in [0.29, 0.717) is 23.6 Å². The number of amides is 2. The summed E-state index contributed by atoms with van der Waals surface area (Å²) in [6, 6.07) is 23.5. The highest BCUT2D eigenvalue weighted by molar-refractivity contribution is 6.30. The molecule has 1 N–H and O–H groups in total. The van der Waals surface area contributed by atoms with Gasteiger partial charge in [0.05, 0.1) is 0 Å². The SMILES string of the molecule is O=C(NCc1cccc(Cl)c1)C1Cc2ccccc2N1C(=O)c1ccccc1. The Morgan fingerprint density at radius 2 is 1.71 bits per heavy atom. The lowest BCUT2D eigenvalue weighted by Gasteiger charge is -2.25. The largest absolute Gasteiger partial charge is 0.350 e. The van der Waals surface area contributed by atoms with Crippen LogP contribution in [0.4, 0.5) is 5.69 Å². The average molecular weight is 391 g/mol. The third-order valence-corrected chi connectivity index (χ3v) is 5.11. The van der Waals surface area contributed by atoms with E-state index >= 15 is 0 Å². The zero-order valence-corrected chi connectivity index (χ0v) is 15.9. The second-order valence-electron chi connectivity index (χ2n) is 6.74. The maximum absolute atomic E-state index is 13.2. The number of hydrogen-bond donors (Lipinski definition) is 1. The zero-order chi connectivity index (χ0) is 19.5. The summed E-state index contributed by atoms with van der Waals surface area (Å²) in [7, 11) is 0. The molecule has 28 heavy (non-hydrogen) atoms. The van der Waals surface area contributed by atoms with Crippen LogP contribution in [0.5, 0.6) is 0 Å². The minimum Gasteiger partial charge on any atom is -0.350 e. The van der Waals surface area contributed by atoms with Crippen molar-refractivity contribution in [2.24, 2.45) is 0 Å². The fourth-order valence-electron chi connectivity index (χ4n) is 3.52. The number of nitrogens with one attached hydrogen (secondary N) is 1. The van der Waals surface area contributed by atoms with E-state index in [1.54, 1.807) is 23.1 Å². The third-order valence-electron chi connectivity index (χ3n) is 4.87. The predicted octanol–water partition coefficient (Wildman–Crippen LogP) is 4.23. The molecule has 0 bridgehead atoms. The summed E-state index contributed by atoms with van der Waals surface area (Å²) in [5.74, 6) is -0.353. The van der Waals surface area contributed by atoms with E-state index in [2.05, 4.69) is 5.32 Å². The minimum atomic E-state index is -0.579. The van der Waals surface area contributed by atoms with Crippen molar-refractivity contribution in [1.82, 2.24) is 5.32 Å². The summed E-state index contributed by atoms with van der Waals surface area (Å²) in [4.78, 5) is 27.8. The Morgan fingerprint density at radius 3 is 2.50 bits per heavy atom. The number of fused-ring (bicyclic) bond motifs is 1. The average Bonchev–Trinajstić information content (AvgIpc) is 3.12. The van der Waals surface area contributed by atoms with Crippen molar-refractivity contribution in [1.29, 1.82) is 0 Å². The Kier molecular flexibility index (Phi) is 5.13. The van der Waals surface area contributed by atoms with Gasteiger partial charge >= 0.3 is 0 Å². The van der Waals surface area contributed by atoms with Gasteiger partial charge in [-0.1, -0.05) is 60.1 Å². The molecule has 0 spiro atoms. The second kappa shape index (κ2) is 7.87. The van der Waals surface area contributed by atoms with Gasteiger partial charge in [-0.15, -0.1) is 0 Å². The summed E-state index contributed by atoms with van der Waals surface area (Å²) in [5.41, 5.74) is 3.26. The Labute approximate surface area is 168 Å². The molecule has 3 aromatic carbocycles. The predicted molar refractivity (Wildman–Crippen MR) is 110 cm³/mol. The Hall–Kier alpha value is -3.11. The Bertz CT molecular complexity index is 1020. The molecule has 1 aliphatic rings. The van der Waals surface area contributed by atoms with Crippen molar-refractivity contribution in [3.63, 3.8) is 0 Å². The van der Waals surface area contributed by atoms with Gasteiger partial charge in [0.2, 0.25) is 5.91 Å². The second-order valence-corrected chi connectivity index (χ2v) is 7.17. The molecule has 0 fully saturated rings. The first kappa shape index (κ1) is 18.3. The standard InChI is InChI=1S/C23H19ClN2O2/c24-19-11-6-7-16(13-19)15-25-22(27)21-14-18-10-4-5-12-20(18)26(21)23(28)17-8-2-1-3-9-17/h1-13,21H,14-15H2,(H,25,27). The van der Waals surface area contributed by atoms with Gasteiger partial charge in [-0.25, -0.2) is 0 Å². The van der Waals surface area contributed by atoms with Crippen molar-refractivity contribution in [3.05, 3.63) is 101 Å². The Morgan fingerprint density at radius 1 is 0.964 bits per heavy atom. The molecule has 5 heteroatoms. The number of nitrogens with zero attached hydrogens (tertiary/aromatic N) is 1. The fraction of sp³-hybridized carbons (Fsp3) is 0.130. The number of rotatable bonds is 4. The normalized spacial score (nSPS) is 15.2. The van der Waals surface area contributed by atoms with Gasteiger partial charge in [0.15, 0.2) is 0 Å². The summed E-state index contributed by atoms with van der Waals surface area (Å²) < 4.78 is 0. The van der Waals surface area contributed by atoms with Crippen LogP contribution in [-0.4, -0.2) is 17.9 Å². The third kappa shape index (κ3) is 3.64. The molecule has 140 valence electrons. The van der Waals surface area contributed by atoms with Crippen molar-refractivity contribution >= 4 is 29.1 Å². The van der Waals surface area contributed by atoms with Gasteiger partial charge in [-0.05, 0) is 41.5 Å². The first-order chi connectivity index (χ1) is 13.6. The van der Waals surface area contributed by atoms with Crippen molar-refractivity contribution in [2.45, 2.75) is 19.0 Å². The molecule has 0 radical (unpaired) electrons. The molecule has 1 unspecified atom stereocenters. The van der Waals surface area contributed by atoms with Crippen LogP contribution in [-0.2, 0) is 17.8 Å². The van der Waals surface area contributed by atoms with Gasteiger partial charge in [0.1, 0.15) is 6.04 Å². The van der Waals surface area contributed by atoms with Crippen LogP contribution >= 0.6 is 11.6 Å². The van der Waals surface area contributed by atoms with E-state index in [0.717, 1.165) is 16.8 Å². The maximum Gasteiger partial charge on any atom is 0.259 e. The van der Waals surface area contributed by atoms with Gasteiger partial charge in [-0.2, -0.15) is 0 Å². The van der Waals surface area contributed by atoms with E-state index in [1.165, 1.54) is 0 Å². The molecule has 1 heterocycles. The van der Waals surface area contributed by atoms with Gasteiger partial charge < -0.3 is 5.32 Å². The van der Waals surface area contributed by atoms with Crippen LogP contribution in [0.15, 0.2) is 78.9 Å². The minimum absolute atomic E-state index is 0.173. The number of halogens is 1. The summed E-state index contributed by atoms with van der Waals surface area (Å²) in [5, 5.41) is 3.57. The van der Waals surface area contributed by atoms with Gasteiger partial charge in [0, 0.05) is 29.2 Å². The van der Waals surface area contributed by atoms with Crippen LogP contribution in [0.1, 0.15) is 21.5 Å². The lowest BCUT2D eigenvalue weighted by atomic mass is 10.1. The van der Waals surface area contributed by atoms with Crippen LogP contribution < -0.4 is 10.2 Å². The van der Waals surface area contributed by atoms with Crippen molar-refractivity contribution in [2.75, 3.05) is 4.90 Å². The number of para-hydroxylation sites is 1. The van der Waals surface area contributed by atoms with E-state index in [-0.39, 0.29) is 11.8 Å². The molecular formula is C23H19ClN2O2. The molecular weight excluding hydrogens is 372 g/mol. The molecule has 3 aromatic rings. The van der Waals surface area contributed by atoms with Crippen LogP contribution in [0.25, 0.3) is 0 Å². The molecule has 1 atom stereocenters. The maximum atomic E-state index is 13.2. The van der Waals surface area contributed by atoms with Crippen LogP contribution in [0, 0.1) is 0 Å². The molecule has 0 aliphatic carbocycles. The van der Waals surface area contributed by atoms with E-state index in [9.17, 15) is 9.59 Å². The fourth-order valence-corrected chi connectivity index (χ4v) is 3.73. The molecule has 2 amide bonds. The van der Waals surface area contributed by atoms with E-state index < -0.39 is 6.04 Å². The number of anilines is 1. The Balaban J connectivity index is 1.58. The van der Waals surface area contributed by atoms with Crippen molar-refractivity contribution < 1.29 is 9.59 Å². The highest BCUT2D eigenvalue weighted by atomic mass is 35.5. The molecule has 0 aromatic heterocycles. The first-order valence-corrected chi connectivity index (χ1v) is 9.50. The lowest BCUT2D eigenvalue weighted by Crippen LogP contribution is -2.48. The smallest absolute Gasteiger partial charge is 0.259 e. The monoisotopic (exact) mass is 390 g/mol. The summed E-state index contributed by atoms with van der Waals surface area (Å²) in [6.45, 7) is 0.361. The number of carbonyl (C=O) groups is 2. The van der Waals surface area contributed by atoms with Gasteiger partial charge in [-0.3, -0.25) is 14.5 Å². The summed E-state index contributed by atoms with van der Waals surface area (Å²) in [6.07, 6.45) is 0.496. The number of carbonyl (C=O) groups excluding carboxylic acids is 2. The zero-order valence-electron chi connectivity index (χ0n) is 15.1. The number of hydrogen-bond acceptors (Lipinski definition) is 2. The van der Waals surface area contributed by atoms with Gasteiger partial charge in [0.25, 0.3) is 5.91 Å². The van der Waals surface area contributed by atoms with Crippen molar-refractivity contribution in [3.8, 4) is 0 Å². The van der Waals surface area contributed by atoms with Crippen LogP contribution in [0.3, 0.4) is 0 Å². The quantitative estimate of drug-likeness (QED) is 0.724. The summed E-state index contributed by atoms with van der Waals surface area (Å²) >= 11 is 6.02. The topological polar surface area (TPSA) is 49.4 Å². The highest BCUT2D eigenvalue weighted by Crippen LogP contribution is 2.33. The highest BCUT2D eigenvalue weighted by Gasteiger charge is 2.38. The molecule has 0 saturated carbocycles. The molecule has 4 nitrogen and oxygen atoms in total. The first-order valence-electron chi connectivity index (χ1n) is 9.12. The molecule has 1 aliphatic heterocycles.